The maximum atomic E-state index is 12.6. The number of rotatable bonds is 4. The number of benzene rings is 1. The molecule has 0 bridgehead atoms. The van der Waals surface area contributed by atoms with Crippen LogP contribution in [0.3, 0.4) is 0 Å². The summed E-state index contributed by atoms with van der Waals surface area (Å²) < 4.78 is 0. The highest BCUT2D eigenvalue weighted by atomic mass is 35.5. The Labute approximate surface area is 129 Å². The minimum atomic E-state index is -1.13. The van der Waals surface area contributed by atoms with Crippen molar-refractivity contribution >= 4 is 45.6 Å². The average Bonchev–Trinajstić information content (AvgIpc) is 2.74. The molecule has 0 atom stereocenters. The van der Waals surface area contributed by atoms with Crippen LogP contribution in [0.5, 0.6) is 0 Å². The van der Waals surface area contributed by atoms with E-state index < -0.39 is 18.4 Å². The van der Waals surface area contributed by atoms with Crippen LogP contribution in [0.2, 0.25) is 5.02 Å². The Morgan fingerprint density at radius 3 is 2.71 bits per heavy atom. The van der Waals surface area contributed by atoms with Crippen molar-refractivity contribution in [3.05, 3.63) is 39.9 Å². The number of aliphatic carboxylic acids is 1. The fourth-order valence-electron chi connectivity index (χ4n) is 1.80. The Morgan fingerprint density at radius 1 is 1.48 bits per heavy atom. The van der Waals surface area contributed by atoms with Gasteiger partial charge >= 0.3 is 5.97 Å². The van der Waals surface area contributed by atoms with Crippen LogP contribution in [0, 0.1) is 6.92 Å². The second-order valence-electron chi connectivity index (χ2n) is 4.23. The molecule has 0 unspecified atom stereocenters. The number of carbonyl (C=O) groups excluding carboxylic acids is 1. The Morgan fingerprint density at radius 2 is 2.19 bits per heavy atom. The number of aryl methyl sites for hydroxylation is 1. The molecule has 2 aromatic rings. The van der Waals surface area contributed by atoms with E-state index in [0.717, 1.165) is 16.2 Å². The van der Waals surface area contributed by atoms with Gasteiger partial charge in [-0.05, 0) is 25.1 Å². The standard InChI is InChI=1S/C13H12ClN3O3S/c1-7-11(21-13(15)16-7)12(20)17(6-10(18)19)9-4-2-3-8(14)5-9/h2-5H,6H2,1H3,(H2,15,16)(H,18,19). The van der Waals surface area contributed by atoms with Crippen LogP contribution < -0.4 is 10.6 Å². The van der Waals surface area contributed by atoms with E-state index in [1.54, 1.807) is 25.1 Å². The first-order valence-corrected chi connectivity index (χ1v) is 7.10. The fourth-order valence-corrected chi connectivity index (χ4v) is 2.77. The number of hydrogen-bond acceptors (Lipinski definition) is 5. The van der Waals surface area contributed by atoms with E-state index in [0.29, 0.717) is 21.3 Å². The van der Waals surface area contributed by atoms with Gasteiger partial charge in [0, 0.05) is 10.7 Å². The van der Waals surface area contributed by atoms with E-state index in [9.17, 15) is 9.59 Å². The first kappa shape index (κ1) is 15.3. The Kier molecular flexibility index (Phi) is 4.44. The molecule has 0 fully saturated rings. The van der Waals surface area contributed by atoms with Gasteiger partial charge in [0.2, 0.25) is 0 Å². The number of hydrogen-bond donors (Lipinski definition) is 2. The van der Waals surface area contributed by atoms with Crippen LogP contribution in [0.25, 0.3) is 0 Å². The molecule has 21 heavy (non-hydrogen) atoms. The maximum Gasteiger partial charge on any atom is 0.323 e. The Bertz CT molecular complexity index is 702. The van der Waals surface area contributed by atoms with Crippen molar-refractivity contribution in [1.29, 1.82) is 0 Å². The van der Waals surface area contributed by atoms with E-state index in [2.05, 4.69) is 4.98 Å². The molecule has 1 aromatic heterocycles. The van der Waals surface area contributed by atoms with Crippen LogP contribution >= 0.6 is 22.9 Å². The molecule has 0 saturated heterocycles. The molecule has 0 spiro atoms. The Balaban J connectivity index is 2.43. The summed E-state index contributed by atoms with van der Waals surface area (Å²) in [7, 11) is 0. The summed E-state index contributed by atoms with van der Waals surface area (Å²) in [6.45, 7) is 1.17. The summed E-state index contributed by atoms with van der Waals surface area (Å²) in [6.07, 6.45) is 0. The first-order valence-electron chi connectivity index (χ1n) is 5.90. The topological polar surface area (TPSA) is 96.5 Å². The number of nitrogen functional groups attached to an aromatic ring is 1. The van der Waals surface area contributed by atoms with Crippen LogP contribution in [0.15, 0.2) is 24.3 Å². The normalized spacial score (nSPS) is 10.4. The number of carbonyl (C=O) groups is 2. The van der Waals surface area contributed by atoms with Crippen molar-refractivity contribution in [3.63, 3.8) is 0 Å². The highest BCUT2D eigenvalue weighted by Gasteiger charge is 2.24. The molecule has 8 heteroatoms. The third-order valence-electron chi connectivity index (χ3n) is 2.67. The lowest BCUT2D eigenvalue weighted by molar-refractivity contribution is -0.135. The molecular weight excluding hydrogens is 314 g/mol. The molecule has 0 radical (unpaired) electrons. The molecule has 2 rings (SSSR count). The number of nitrogens with zero attached hydrogens (tertiary/aromatic N) is 2. The molecule has 0 aliphatic heterocycles. The molecule has 110 valence electrons. The predicted octanol–water partition coefficient (Wildman–Crippen LogP) is 2.42. The zero-order valence-corrected chi connectivity index (χ0v) is 12.6. The summed E-state index contributed by atoms with van der Waals surface area (Å²) in [6, 6.07) is 6.44. The van der Waals surface area contributed by atoms with Crippen LogP contribution in [-0.4, -0.2) is 28.5 Å². The van der Waals surface area contributed by atoms with Crippen molar-refractivity contribution in [3.8, 4) is 0 Å². The lowest BCUT2D eigenvalue weighted by Gasteiger charge is -2.20. The van der Waals surface area contributed by atoms with E-state index in [1.165, 1.54) is 6.07 Å². The number of aromatic nitrogens is 1. The van der Waals surface area contributed by atoms with E-state index in [1.807, 2.05) is 0 Å². The molecule has 1 amide bonds. The molecule has 0 aliphatic rings. The van der Waals surface area contributed by atoms with Crippen LogP contribution in [0.1, 0.15) is 15.4 Å². The number of anilines is 2. The lowest BCUT2D eigenvalue weighted by Crippen LogP contribution is -2.35. The monoisotopic (exact) mass is 325 g/mol. The molecule has 0 aliphatic carbocycles. The SMILES string of the molecule is Cc1nc(N)sc1C(=O)N(CC(=O)O)c1cccc(Cl)c1. The molecule has 1 aromatic carbocycles. The highest BCUT2D eigenvalue weighted by Crippen LogP contribution is 2.26. The highest BCUT2D eigenvalue weighted by molar-refractivity contribution is 7.17. The van der Waals surface area contributed by atoms with Gasteiger partial charge in [-0.1, -0.05) is 29.0 Å². The van der Waals surface area contributed by atoms with Crippen LogP contribution in [0.4, 0.5) is 10.8 Å². The number of nitrogens with two attached hydrogens (primary N) is 1. The first-order chi connectivity index (χ1) is 9.88. The molecular formula is C13H12ClN3O3S. The summed E-state index contributed by atoms with van der Waals surface area (Å²) >= 11 is 6.92. The summed E-state index contributed by atoms with van der Waals surface area (Å²) in [4.78, 5) is 29.0. The molecule has 6 nitrogen and oxygen atoms in total. The van der Waals surface area contributed by atoms with Crippen molar-refractivity contribution in [2.24, 2.45) is 0 Å². The summed E-state index contributed by atoms with van der Waals surface area (Å²) in [5.41, 5.74) is 6.46. The largest absolute Gasteiger partial charge is 0.480 e. The third kappa shape index (κ3) is 3.50. The molecule has 0 saturated carbocycles. The zero-order valence-electron chi connectivity index (χ0n) is 11.0. The van der Waals surface area contributed by atoms with Gasteiger partial charge in [0.25, 0.3) is 5.91 Å². The minimum Gasteiger partial charge on any atom is -0.480 e. The van der Waals surface area contributed by atoms with E-state index in [-0.39, 0.29) is 5.13 Å². The van der Waals surface area contributed by atoms with E-state index >= 15 is 0 Å². The van der Waals surface area contributed by atoms with Gasteiger partial charge in [0.1, 0.15) is 11.4 Å². The maximum absolute atomic E-state index is 12.6. The van der Waals surface area contributed by atoms with Gasteiger partial charge in [-0.15, -0.1) is 0 Å². The smallest absolute Gasteiger partial charge is 0.323 e. The quantitative estimate of drug-likeness (QED) is 0.899. The van der Waals surface area contributed by atoms with Crippen molar-refractivity contribution in [1.82, 2.24) is 4.98 Å². The van der Waals surface area contributed by atoms with Crippen LogP contribution in [-0.2, 0) is 4.79 Å². The predicted molar refractivity (Wildman–Crippen MR) is 82.0 cm³/mol. The number of carboxylic acid groups (broad SMARTS) is 1. The second-order valence-corrected chi connectivity index (χ2v) is 5.70. The second kappa shape index (κ2) is 6.11. The number of halogens is 1. The van der Waals surface area contributed by atoms with Crippen molar-refractivity contribution in [2.45, 2.75) is 6.92 Å². The number of carboxylic acids is 1. The molecule has 1 heterocycles. The fraction of sp³-hybridized carbons (Fsp3) is 0.154. The van der Waals surface area contributed by atoms with Gasteiger partial charge in [-0.2, -0.15) is 0 Å². The van der Waals surface area contributed by atoms with Crippen molar-refractivity contribution < 1.29 is 14.7 Å². The lowest BCUT2D eigenvalue weighted by atomic mass is 10.2. The van der Waals surface area contributed by atoms with Crippen molar-refractivity contribution in [2.75, 3.05) is 17.2 Å². The van der Waals surface area contributed by atoms with Gasteiger partial charge in [0.15, 0.2) is 5.13 Å². The summed E-state index contributed by atoms with van der Waals surface area (Å²) in [5, 5.41) is 9.70. The third-order valence-corrected chi connectivity index (χ3v) is 3.88. The number of thiazole rings is 1. The zero-order chi connectivity index (χ0) is 15.6. The Hall–Kier alpha value is -2.12. The van der Waals surface area contributed by atoms with Gasteiger partial charge in [0.05, 0.1) is 5.69 Å². The van der Waals surface area contributed by atoms with Gasteiger partial charge in [-0.3, -0.25) is 14.5 Å². The molecule has 3 N–H and O–H groups in total. The average molecular weight is 326 g/mol. The van der Waals surface area contributed by atoms with Gasteiger partial charge in [-0.25, -0.2) is 4.98 Å². The minimum absolute atomic E-state index is 0.261. The van der Waals surface area contributed by atoms with Gasteiger partial charge < -0.3 is 10.8 Å². The van der Waals surface area contributed by atoms with E-state index in [4.69, 9.17) is 22.4 Å². The summed E-state index contributed by atoms with van der Waals surface area (Å²) in [5.74, 6) is -1.59. The number of amides is 1.